The van der Waals surface area contributed by atoms with E-state index in [1.807, 2.05) is 34.8 Å². The van der Waals surface area contributed by atoms with E-state index in [2.05, 4.69) is 386 Å². The molecule has 110 heavy (non-hydrogen) atoms. The molecule has 0 radical (unpaired) electrons. The zero-order chi connectivity index (χ0) is 72.3. The van der Waals surface area contributed by atoms with Crippen LogP contribution in [0.1, 0.15) is 0 Å². The summed E-state index contributed by atoms with van der Waals surface area (Å²) in [5.74, 6) is 0. The first kappa shape index (κ1) is 63.4. The maximum Gasteiger partial charge on any atom is 0.136 e. The molecule has 0 N–H and O–H groups in total. The molecular formula is C104H64N2O2S2. The van der Waals surface area contributed by atoms with Crippen molar-refractivity contribution in [1.29, 1.82) is 0 Å². The van der Waals surface area contributed by atoms with Crippen molar-refractivity contribution in [3.8, 4) is 77.9 Å². The Morgan fingerprint density at radius 2 is 0.536 bits per heavy atom. The van der Waals surface area contributed by atoms with Gasteiger partial charge in [0.1, 0.15) is 22.3 Å². The van der Waals surface area contributed by atoms with E-state index in [-0.39, 0.29) is 0 Å². The fourth-order valence-electron chi connectivity index (χ4n) is 17.0. The molecule has 18 aromatic carbocycles. The lowest BCUT2D eigenvalue weighted by Gasteiger charge is -2.27. The Labute approximate surface area is 642 Å². The predicted octanol–water partition coefficient (Wildman–Crippen LogP) is 31.1. The second-order valence-electron chi connectivity index (χ2n) is 28.6. The first-order valence-corrected chi connectivity index (χ1v) is 39.0. The van der Waals surface area contributed by atoms with Crippen LogP contribution in [0.4, 0.5) is 34.1 Å². The molecule has 4 aromatic heterocycles. The summed E-state index contributed by atoms with van der Waals surface area (Å²) >= 11 is 3.70. The molecule has 514 valence electrons. The number of rotatable bonds is 13. The number of benzene rings is 18. The first-order valence-electron chi connectivity index (χ1n) is 37.4. The lowest BCUT2D eigenvalue weighted by molar-refractivity contribution is 0.668. The average Bonchev–Trinajstić information content (AvgIpc) is 1.17. The Hall–Kier alpha value is -13.9. The van der Waals surface area contributed by atoms with Gasteiger partial charge in [-0.05, 0) is 245 Å². The third kappa shape index (κ3) is 10.9. The molecule has 0 saturated carbocycles. The van der Waals surface area contributed by atoms with Crippen LogP contribution in [0, 0.1) is 0 Å². The third-order valence-corrected chi connectivity index (χ3v) is 24.6. The fraction of sp³-hybridized carbons (Fsp3) is 0. The van der Waals surface area contributed by atoms with Gasteiger partial charge in [-0.25, -0.2) is 0 Å². The molecule has 0 aliphatic carbocycles. The van der Waals surface area contributed by atoms with Gasteiger partial charge in [0.15, 0.2) is 0 Å². The second-order valence-corrected chi connectivity index (χ2v) is 30.8. The van der Waals surface area contributed by atoms with E-state index in [4.69, 9.17) is 8.83 Å². The summed E-state index contributed by atoms with van der Waals surface area (Å²) in [6.07, 6.45) is 0. The van der Waals surface area contributed by atoms with Gasteiger partial charge in [-0.3, -0.25) is 0 Å². The minimum atomic E-state index is 0.849. The van der Waals surface area contributed by atoms with Gasteiger partial charge in [0.05, 0.1) is 0 Å². The molecule has 4 heterocycles. The Balaban J connectivity index is 0.591. The first-order chi connectivity index (χ1) is 54.5. The van der Waals surface area contributed by atoms with Crippen LogP contribution in [0.3, 0.4) is 0 Å². The Morgan fingerprint density at radius 1 is 0.173 bits per heavy atom. The van der Waals surface area contributed by atoms with Crippen LogP contribution in [-0.4, -0.2) is 0 Å². The maximum absolute atomic E-state index is 6.93. The van der Waals surface area contributed by atoms with Gasteiger partial charge in [-0.1, -0.05) is 243 Å². The highest BCUT2D eigenvalue weighted by Crippen LogP contribution is 2.48. The molecule has 0 unspecified atom stereocenters. The summed E-state index contributed by atoms with van der Waals surface area (Å²) in [4.78, 5) is 4.80. The molecular weight excluding hydrogens is 1370 g/mol. The molecule has 0 saturated heterocycles. The minimum absolute atomic E-state index is 0.849. The quantitative estimate of drug-likeness (QED) is 0.115. The standard InChI is InChI=1S/C104H64N2O2S2/c1-2-27-82-66(17-1)18-15-33-83(82)73-21-13-25-80(59-73)105(78-23-11-19-68(57-78)70-45-55-102-94(61-70)91-30-6-9-37-100(91)109-102)76-47-39-65(40-48-76)72-43-51-89-90-52-44-75(64-99(90)108-98(89)63-72)85-54-53-84(87-28-3-4-29-88(85)87)74-22-14-26-81(60-74)106(77-49-41-67(42-50-77)86-34-16-36-97-104(86)93-32-5-8-35-96(93)107-97)79-24-12-20-69(58-79)71-46-56-103-95(62-71)92-31-7-10-38-101(92)110-103/h1-64H. The van der Waals surface area contributed by atoms with Crippen molar-refractivity contribution in [3.63, 3.8) is 0 Å². The van der Waals surface area contributed by atoms with Crippen LogP contribution in [-0.2, 0) is 0 Å². The number of fused-ring (bicyclic) bond motifs is 14. The highest BCUT2D eigenvalue weighted by Gasteiger charge is 2.22. The molecule has 0 aliphatic heterocycles. The Kier molecular flexibility index (Phi) is 15.0. The van der Waals surface area contributed by atoms with Crippen molar-refractivity contribution in [2.45, 2.75) is 0 Å². The molecule has 0 aliphatic rings. The van der Waals surface area contributed by atoms with Gasteiger partial charge in [-0.15, -0.1) is 22.7 Å². The third-order valence-electron chi connectivity index (χ3n) is 22.3. The van der Waals surface area contributed by atoms with Crippen LogP contribution >= 0.6 is 22.7 Å². The lowest BCUT2D eigenvalue weighted by Crippen LogP contribution is -2.10. The van der Waals surface area contributed by atoms with Crippen molar-refractivity contribution in [2.24, 2.45) is 0 Å². The molecule has 0 fully saturated rings. The highest BCUT2D eigenvalue weighted by atomic mass is 32.1. The van der Waals surface area contributed by atoms with E-state index in [0.717, 1.165) is 139 Å². The van der Waals surface area contributed by atoms with Crippen molar-refractivity contribution >= 4 is 163 Å². The van der Waals surface area contributed by atoms with E-state index in [1.165, 1.54) is 78.6 Å². The van der Waals surface area contributed by atoms with Gasteiger partial charge in [-0.2, -0.15) is 0 Å². The summed E-state index contributed by atoms with van der Waals surface area (Å²) < 4.78 is 18.5. The Bertz CT molecular complexity index is 7440. The summed E-state index contributed by atoms with van der Waals surface area (Å²) in [5.41, 5.74) is 25.9. The normalized spacial score (nSPS) is 11.8. The fourth-order valence-corrected chi connectivity index (χ4v) is 19.2. The maximum atomic E-state index is 6.93. The lowest BCUT2D eigenvalue weighted by atomic mass is 9.91. The molecule has 22 rings (SSSR count). The van der Waals surface area contributed by atoms with E-state index in [0.29, 0.717) is 0 Å². The molecule has 6 heteroatoms. The average molecular weight is 1440 g/mol. The summed E-state index contributed by atoms with van der Waals surface area (Å²) in [5, 5.41) is 14.4. The number of hydrogen-bond donors (Lipinski definition) is 0. The number of furan rings is 2. The predicted molar refractivity (Wildman–Crippen MR) is 469 cm³/mol. The molecule has 4 nitrogen and oxygen atoms in total. The van der Waals surface area contributed by atoms with Crippen LogP contribution in [0.25, 0.3) is 184 Å². The van der Waals surface area contributed by atoms with Crippen LogP contribution in [0.2, 0.25) is 0 Å². The second kappa shape index (κ2) is 26.0. The SMILES string of the molecule is c1cc(-c2ccc3sc4ccccc4c3c2)cc(N(c2ccc(-c3ccc4c(c3)oc3cc(-c5ccc(-c6cccc(N(c7ccc(-c8cccc9oc%10ccccc%10c89)cc7)c7cccc(-c8ccc9sc%10ccccc%10c9c8)c7)c6)c6ccccc56)ccc34)cc2)c2cccc(-c3cccc4ccccc34)c2)c1. The highest BCUT2D eigenvalue weighted by molar-refractivity contribution is 7.26. The van der Waals surface area contributed by atoms with E-state index in [1.54, 1.807) is 0 Å². The van der Waals surface area contributed by atoms with Crippen molar-refractivity contribution in [3.05, 3.63) is 388 Å². The largest absolute Gasteiger partial charge is 0.456 e. The smallest absolute Gasteiger partial charge is 0.136 e. The summed E-state index contributed by atoms with van der Waals surface area (Å²) in [6.45, 7) is 0. The Morgan fingerprint density at radius 3 is 1.12 bits per heavy atom. The van der Waals surface area contributed by atoms with Crippen LogP contribution < -0.4 is 9.80 Å². The van der Waals surface area contributed by atoms with Gasteiger partial charge >= 0.3 is 0 Å². The zero-order valence-electron chi connectivity index (χ0n) is 59.5. The van der Waals surface area contributed by atoms with E-state index >= 15 is 0 Å². The number of nitrogens with zero attached hydrogens (tertiary/aromatic N) is 2. The summed E-state index contributed by atoms with van der Waals surface area (Å²) in [7, 11) is 0. The molecule has 0 amide bonds. The number of hydrogen-bond acceptors (Lipinski definition) is 6. The summed E-state index contributed by atoms with van der Waals surface area (Å²) in [6, 6.07) is 142. The van der Waals surface area contributed by atoms with Crippen molar-refractivity contribution < 1.29 is 8.83 Å². The topological polar surface area (TPSA) is 32.8 Å². The number of para-hydroxylation sites is 1. The zero-order valence-corrected chi connectivity index (χ0v) is 61.1. The van der Waals surface area contributed by atoms with Gasteiger partial charge in [0, 0.05) is 96.0 Å². The molecule has 0 bridgehead atoms. The molecule has 0 atom stereocenters. The van der Waals surface area contributed by atoms with Crippen LogP contribution in [0.5, 0.6) is 0 Å². The van der Waals surface area contributed by atoms with E-state index < -0.39 is 0 Å². The minimum Gasteiger partial charge on any atom is -0.456 e. The van der Waals surface area contributed by atoms with Gasteiger partial charge in [0.25, 0.3) is 0 Å². The molecule has 0 spiro atoms. The van der Waals surface area contributed by atoms with E-state index in [9.17, 15) is 0 Å². The van der Waals surface area contributed by atoms with Gasteiger partial charge < -0.3 is 18.6 Å². The monoisotopic (exact) mass is 1440 g/mol. The number of thiophene rings is 2. The van der Waals surface area contributed by atoms with Crippen LogP contribution in [0.15, 0.2) is 397 Å². The van der Waals surface area contributed by atoms with Gasteiger partial charge in [0.2, 0.25) is 0 Å². The number of anilines is 6. The van der Waals surface area contributed by atoms with Crippen molar-refractivity contribution in [2.75, 3.05) is 9.80 Å². The molecule has 22 aromatic rings. The van der Waals surface area contributed by atoms with Crippen molar-refractivity contribution in [1.82, 2.24) is 0 Å².